The highest BCUT2D eigenvalue weighted by Crippen LogP contribution is 2.17. The Bertz CT molecular complexity index is 1070. The lowest BCUT2D eigenvalue weighted by Crippen LogP contribution is -2.43. The molecule has 164 valence electrons. The highest BCUT2D eigenvalue weighted by atomic mass is 16.5. The van der Waals surface area contributed by atoms with Crippen molar-refractivity contribution in [2.45, 2.75) is 19.6 Å². The Morgan fingerprint density at radius 2 is 1.66 bits per heavy atom. The molecule has 2 amide bonds. The first-order valence-electron chi connectivity index (χ1n) is 10.1. The summed E-state index contributed by atoms with van der Waals surface area (Å²) in [5.74, 6) is 0.495. The maximum absolute atomic E-state index is 12.3. The zero-order chi connectivity index (χ0) is 22.8. The molecule has 0 heterocycles. The fourth-order valence-electron chi connectivity index (χ4n) is 2.80. The molecule has 32 heavy (non-hydrogen) atoms. The summed E-state index contributed by atoms with van der Waals surface area (Å²) in [6, 6.07) is 23.1. The molecule has 3 rings (SSSR count). The molecular formula is C25H25N3O4. The van der Waals surface area contributed by atoms with Crippen LogP contribution in [0.15, 0.2) is 84.0 Å². The first-order valence-corrected chi connectivity index (χ1v) is 10.1. The predicted octanol–water partition coefficient (Wildman–Crippen LogP) is 3.54. The number of hydrogen-bond donors (Lipinski definition) is 2. The molecule has 0 saturated carbocycles. The van der Waals surface area contributed by atoms with Crippen LogP contribution in [0, 0.1) is 0 Å². The molecule has 1 unspecified atom stereocenters. The van der Waals surface area contributed by atoms with E-state index in [4.69, 9.17) is 9.47 Å². The Balaban J connectivity index is 1.53. The standard InChI is InChI=1S/C25H25N3O4/c1-18(27-25(30)20-12-14-22(31-2)15-13-20)24(29)28-26-16-21-10-6-7-11-23(21)32-17-19-8-4-3-5-9-19/h3-16,18H,17H2,1-2H3,(H,27,30)(H,28,29). The van der Waals surface area contributed by atoms with E-state index in [0.717, 1.165) is 11.1 Å². The van der Waals surface area contributed by atoms with Gasteiger partial charge in [0, 0.05) is 11.1 Å². The Hall–Kier alpha value is -4.13. The van der Waals surface area contributed by atoms with Crippen molar-refractivity contribution in [3.05, 3.63) is 95.6 Å². The molecule has 0 saturated heterocycles. The number of carbonyl (C=O) groups is 2. The molecule has 3 aromatic rings. The molecule has 0 radical (unpaired) electrons. The van der Waals surface area contributed by atoms with Crippen molar-refractivity contribution in [3.8, 4) is 11.5 Å². The van der Waals surface area contributed by atoms with Crippen molar-refractivity contribution < 1.29 is 19.1 Å². The Morgan fingerprint density at radius 3 is 2.38 bits per heavy atom. The van der Waals surface area contributed by atoms with Crippen LogP contribution in [0.25, 0.3) is 0 Å². The SMILES string of the molecule is COc1ccc(C(=O)NC(C)C(=O)NN=Cc2ccccc2OCc2ccccc2)cc1. The second-order valence-electron chi connectivity index (χ2n) is 6.97. The molecule has 0 fully saturated rings. The predicted molar refractivity (Wildman–Crippen MR) is 123 cm³/mol. The van der Waals surface area contributed by atoms with Gasteiger partial charge in [-0.25, -0.2) is 5.43 Å². The van der Waals surface area contributed by atoms with Crippen LogP contribution in [0.4, 0.5) is 0 Å². The smallest absolute Gasteiger partial charge is 0.262 e. The fraction of sp³-hybridized carbons (Fsp3) is 0.160. The Kier molecular flexibility index (Phi) is 7.97. The topological polar surface area (TPSA) is 89.0 Å². The monoisotopic (exact) mass is 431 g/mol. The molecular weight excluding hydrogens is 406 g/mol. The molecule has 0 bridgehead atoms. The average molecular weight is 431 g/mol. The third kappa shape index (κ3) is 6.43. The molecule has 2 N–H and O–H groups in total. The lowest BCUT2D eigenvalue weighted by Gasteiger charge is -2.12. The lowest BCUT2D eigenvalue weighted by atomic mass is 10.2. The van der Waals surface area contributed by atoms with Crippen molar-refractivity contribution in [1.29, 1.82) is 0 Å². The summed E-state index contributed by atoms with van der Waals surface area (Å²) in [6.45, 7) is 2.01. The molecule has 0 aliphatic heterocycles. The van der Waals surface area contributed by atoms with Gasteiger partial charge in [-0.15, -0.1) is 0 Å². The van der Waals surface area contributed by atoms with Crippen molar-refractivity contribution in [2.75, 3.05) is 7.11 Å². The number of hydrazone groups is 1. The van der Waals surface area contributed by atoms with E-state index < -0.39 is 11.9 Å². The number of para-hydroxylation sites is 1. The zero-order valence-corrected chi connectivity index (χ0v) is 17.9. The van der Waals surface area contributed by atoms with E-state index >= 15 is 0 Å². The number of nitrogens with one attached hydrogen (secondary N) is 2. The van der Waals surface area contributed by atoms with Crippen LogP contribution in [-0.2, 0) is 11.4 Å². The molecule has 1 atom stereocenters. The summed E-state index contributed by atoms with van der Waals surface area (Å²) in [4.78, 5) is 24.6. The molecule has 3 aromatic carbocycles. The van der Waals surface area contributed by atoms with Crippen molar-refractivity contribution in [1.82, 2.24) is 10.7 Å². The Morgan fingerprint density at radius 1 is 0.969 bits per heavy atom. The van der Waals surface area contributed by atoms with Gasteiger partial charge in [0.15, 0.2) is 0 Å². The van der Waals surface area contributed by atoms with E-state index in [-0.39, 0.29) is 5.91 Å². The lowest BCUT2D eigenvalue weighted by molar-refractivity contribution is -0.122. The van der Waals surface area contributed by atoms with Gasteiger partial charge in [0.25, 0.3) is 11.8 Å². The second kappa shape index (κ2) is 11.3. The average Bonchev–Trinajstić information content (AvgIpc) is 2.84. The van der Waals surface area contributed by atoms with E-state index in [1.54, 1.807) is 38.3 Å². The van der Waals surface area contributed by atoms with Crippen LogP contribution in [-0.4, -0.2) is 31.2 Å². The summed E-state index contributed by atoms with van der Waals surface area (Å²) in [5, 5.41) is 6.65. The van der Waals surface area contributed by atoms with Gasteiger partial charge in [0.05, 0.1) is 13.3 Å². The van der Waals surface area contributed by atoms with Crippen molar-refractivity contribution in [3.63, 3.8) is 0 Å². The van der Waals surface area contributed by atoms with Gasteiger partial charge in [-0.2, -0.15) is 5.10 Å². The van der Waals surface area contributed by atoms with Crippen LogP contribution < -0.4 is 20.2 Å². The number of ether oxygens (including phenoxy) is 2. The minimum Gasteiger partial charge on any atom is -0.497 e. The van der Waals surface area contributed by atoms with Crippen LogP contribution in [0.2, 0.25) is 0 Å². The molecule has 0 aliphatic carbocycles. The Labute approximate surface area is 187 Å². The second-order valence-corrected chi connectivity index (χ2v) is 6.97. The fourth-order valence-corrected chi connectivity index (χ4v) is 2.80. The van der Waals surface area contributed by atoms with E-state index in [1.807, 2.05) is 54.6 Å². The summed E-state index contributed by atoms with van der Waals surface area (Å²) < 4.78 is 11.0. The third-order valence-corrected chi connectivity index (χ3v) is 4.63. The number of rotatable bonds is 9. The molecule has 0 aliphatic rings. The van der Waals surface area contributed by atoms with E-state index in [0.29, 0.717) is 23.7 Å². The van der Waals surface area contributed by atoms with Crippen LogP contribution in [0.3, 0.4) is 0 Å². The first kappa shape index (κ1) is 22.6. The third-order valence-electron chi connectivity index (χ3n) is 4.63. The van der Waals surface area contributed by atoms with Gasteiger partial charge in [-0.3, -0.25) is 9.59 Å². The van der Waals surface area contributed by atoms with E-state index in [1.165, 1.54) is 6.21 Å². The summed E-state index contributed by atoms with van der Waals surface area (Å²) in [7, 11) is 1.55. The minimum atomic E-state index is -0.772. The van der Waals surface area contributed by atoms with Crippen LogP contribution in [0.1, 0.15) is 28.4 Å². The number of methoxy groups -OCH3 is 1. The van der Waals surface area contributed by atoms with E-state index in [2.05, 4.69) is 15.8 Å². The van der Waals surface area contributed by atoms with Gasteiger partial charge in [-0.1, -0.05) is 42.5 Å². The highest BCUT2D eigenvalue weighted by Gasteiger charge is 2.16. The minimum absolute atomic E-state index is 0.362. The molecule has 0 aromatic heterocycles. The number of hydrogen-bond acceptors (Lipinski definition) is 5. The number of benzene rings is 3. The van der Waals surface area contributed by atoms with Gasteiger partial charge < -0.3 is 14.8 Å². The maximum Gasteiger partial charge on any atom is 0.262 e. The molecule has 0 spiro atoms. The largest absolute Gasteiger partial charge is 0.497 e. The number of carbonyl (C=O) groups excluding carboxylic acids is 2. The van der Waals surface area contributed by atoms with E-state index in [9.17, 15) is 9.59 Å². The highest BCUT2D eigenvalue weighted by molar-refractivity contribution is 5.97. The van der Waals surface area contributed by atoms with Gasteiger partial charge in [0.1, 0.15) is 24.1 Å². The number of amides is 2. The maximum atomic E-state index is 12.3. The molecule has 7 heteroatoms. The van der Waals surface area contributed by atoms with Crippen LogP contribution >= 0.6 is 0 Å². The summed E-state index contributed by atoms with van der Waals surface area (Å²) in [5.41, 5.74) is 4.65. The quantitative estimate of drug-likeness (QED) is 0.401. The zero-order valence-electron chi connectivity index (χ0n) is 17.9. The van der Waals surface area contributed by atoms with Gasteiger partial charge in [0.2, 0.25) is 0 Å². The first-order chi connectivity index (χ1) is 15.6. The van der Waals surface area contributed by atoms with Crippen LogP contribution in [0.5, 0.6) is 11.5 Å². The van der Waals surface area contributed by atoms with Gasteiger partial charge in [-0.05, 0) is 48.9 Å². The normalized spacial score (nSPS) is 11.6. The van der Waals surface area contributed by atoms with Crippen molar-refractivity contribution in [2.24, 2.45) is 5.10 Å². The number of nitrogens with zero attached hydrogens (tertiary/aromatic N) is 1. The van der Waals surface area contributed by atoms with Gasteiger partial charge >= 0.3 is 0 Å². The molecule has 7 nitrogen and oxygen atoms in total. The van der Waals surface area contributed by atoms with Crippen molar-refractivity contribution >= 4 is 18.0 Å². The summed E-state index contributed by atoms with van der Waals surface area (Å²) in [6.07, 6.45) is 1.51. The summed E-state index contributed by atoms with van der Waals surface area (Å²) >= 11 is 0.